The second kappa shape index (κ2) is 6.34. The van der Waals surface area contributed by atoms with E-state index in [-0.39, 0.29) is 6.54 Å². The number of hydrogen-bond acceptors (Lipinski definition) is 8. The van der Waals surface area contributed by atoms with Gasteiger partial charge in [-0.2, -0.15) is 10.4 Å². The molecular formula is C7H13N11O. The second-order valence-corrected chi connectivity index (χ2v) is 3.61. The summed E-state index contributed by atoms with van der Waals surface area (Å²) in [4.78, 5) is 11.6. The first-order valence-electron chi connectivity index (χ1n) is 5.50. The Morgan fingerprint density at radius 3 is 2.53 bits per heavy atom. The standard InChI is InChI=1S/C7H13N11O/c8-18(3-1-2-5-10-14-15-11-5)7(19)9-4-6-12-16-17-13-6/h1-4,8H2,(H,9,19)(H,10,11,14,15)(H,12,13,16,17). The Morgan fingerprint density at radius 2 is 1.89 bits per heavy atom. The number of urea groups is 1. The van der Waals surface area contributed by atoms with Crippen molar-refractivity contribution in [3.63, 3.8) is 0 Å². The summed E-state index contributed by atoms with van der Waals surface area (Å²) in [7, 11) is 0. The lowest BCUT2D eigenvalue weighted by atomic mass is 10.3. The summed E-state index contributed by atoms with van der Waals surface area (Å²) in [6.07, 6.45) is 1.22. The third kappa shape index (κ3) is 3.95. The topological polar surface area (TPSA) is 167 Å². The summed E-state index contributed by atoms with van der Waals surface area (Å²) < 4.78 is 0. The number of aryl methyl sites for hydroxylation is 1. The number of hydrogen-bond donors (Lipinski definition) is 4. The molecule has 12 nitrogen and oxygen atoms in total. The molecule has 0 fully saturated rings. The molecule has 0 aliphatic carbocycles. The molecule has 0 bridgehead atoms. The molecule has 0 aliphatic rings. The van der Waals surface area contributed by atoms with Crippen LogP contribution in [0.3, 0.4) is 0 Å². The van der Waals surface area contributed by atoms with Gasteiger partial charge in [-0.3, -0.25) is 5.01 Å². The molecule has 0 radical (unpaired) electrons. The quantitative estimate of drug-likeness (QED) is 0.258. The largest absolute Gasteiger partial charge is 0.331 e. The van der Waals surface area contributed by atoms with Crippen molar-refractivity contribution in [2.24, 2.45) is 5.84 Å². The van der Waals surface area contributed by atoms with Crippen molar-refractivity contribution < 1.29 is 4.79 Å². The summed E-state index contributed by atoms with van der Waals surface area (Å²) in [5.41, 5.74) is 0. The van der Waals surface area contributed by atoms with Gasteiger partial charge in [0, 0.05) is 13.0 Å². The Balaban J connectivity index is 1.64. The first-order valence-corrected chi connectivity index (χ1v) is 5.50. The Bertz CT molecular complexity index is 479. The third-order valence-corrected chi connectivity index (χ3v) is 2.24. The summed E-state index contributed by atoms with van der Waals surface area (Å²) in [5, 5.41) is 30.0. The predicted molar refractivity (Wildman–Crippen MR) is 59.8 cm³/mol. The molecule has 2 aromatic heterocycles. The number of aromatic amines is 2. The molecule has 2 aromatic rings. The summed E-state index contributed by atoms with van der Waals surface area (Å²) in [6, 6.07) is -0.419. The second-order valence-electron chi connectivity index (χ2n) is 3.61. The normalized spacial score (nSPS) is 10.4. The lowest BCUT2D eigenvalue weighted by molar-refractivity contribution is 0.197. The van der Waals surface area contributed by atoms with Crippen molar-refractivity contribution in [2.45, 2.75) is 19.4 Å². The lowest BCUT2D eigenvalue weighted by Gasteiger charge is -2.16. The monoisotopic (exact) mass is 267 g/mol. The van der Waals surface area contributed by atoms with E-state index < -0.39 is 6.03 Å². The molecule has 0 saturated heterocycles. The zero-order chi connectivity index (χ0) is 13.5. The van der Waals surface area contributed by atoms with E-state index in [2.05, 4.69) is 46.6 Å². The van der Waals surface area contributed by atoms with Crippen molar-refractivity contribution in [1.82, 2.24) is 51.6 Å². The van der Waals surface area contributed by atoms with Crippen LogP contribution < -0.4 is 11.2 Å². The van der Waals surface area contributed by atoms with Crippen molar-refractivity contribution in [1.29, 1.82) is 0 Å². The molecule has 0 spiro atoms. The van der Waals surface area contributed by atoms with Crippen LogP contribution in [0, 0.1) is 0 Å². The van der Waals surface area contributed by atoms with Gasteiger partial charge in [0.15, 0.2) is 11.6 Å². The maximum Gasteiger partial charge on any atom is 0.331 e. The average Bonchev–Trinajstić information content (AvgIpc) is 3.08. The summed E-state index contributed by atoms with van der Waals surface area (Å²) in [5.74, 6) is 6.56. The van der Waals surface area contributed by atoms with Crippen molar-refractivity contribution >= 4 is 6.03 Å². The molecule has 0 unspecified atom stereocenters. The van der Waals surface area contributed by atoms with Crippen molar-refractivity contribution in [3.05, 3.63) is 11.6 Å². The number of nitrogens with one attached hydrogen (secondary N) is 3. The lowest BCUT2D eigenvalue weighted by Crippen LogP contribution is -2.45. The van der Waals surface area contributed by atoms with E-state index in [1.165, 1.54) is 0 Å². The van der Waals surface area contributed by atoms with Crippen LogP contribution in [0.4, 0.5) is 4.79 Å². The van der Waals surface area contributed by atoms with Crippen molar-refractivity contribution in [3.8, 4) is 0 Å². The maximum atomic E-state index is 11.6. The fourth-order valence-corrected chi connectivity index (χ4v) is 1.31. The highest BCUT2D eigenvalue weighted by atomic mass is 16.2. The molecule has 12 heteroatoms. The van der Waals surface area contributed by atoms with Gasteiger partial charge in [0.2, 0.25) is 0 Å². The van der Waals surface area contributed by atoms with Gasteiger partial charge >= 0.3 is 6.03 Å². The zero-order valence-electron chi connectivity index (χ0n) is 9.94. The Kier molecular flexibility index (Phi) is 4.28. The van der Waals surface area contributed by atoms with Gasteiger partial charge in [0.1, 0.15) is 0 Å². The smallest absolute Gasteiger partial charge is 0.329 e. The van der Waals surface area contributed by atoms with E-state index in [9.17, 15) is 4.79 Å². The first kappa shape index (κ1) is 12.8. The molecule has 5 N–H and O–H groups in total. The van der Waals surface area contributed by atoms with Gasteiger partial charge in [0.05, 0.1) is 6.54 Å². The molecule has 102 valence electrons. The van der Waals surface area contributed by atoms with Gasteiger partial charge < -0.3 is 5.32 Å². The molecule has 0 atom stereocenters. The number of carbonyl (C=O) groups is 1. The maximum absolute atomic E-state index is 11.6. The molecular weight excluding hydrogens is 254 g/mol. The van der Waals surface area contributed by atoms with E-state index in [1.807, 2.05) is 0 Å². The Morgan fingerprint density at radius 1 is 1.21 bits per heavy atom. The van der Waals surface area contributed by atoms with E-state index in [0.717, 1.165) is 5.01 Å². The van der Waals surface area contributed by atoms with Gasteiger partial charge in [-0.1, -0.05) is 10.4 Å². The van der Waals surface area contributed by atoms with Gasteiger partial charge in [0.25, 0.3) is 0 Å². The average molecular weight is 267 g/mol. The molecule has 0 saturated carbocycles. The van der Waals surface area contributed by atoms with Crippen LogP contribution in [0.2, 0.25) is 0 Å². The Hall–Kier alpha value is -2.63. The molecule has 2 heterocycles. The number of tetrazole rings is 2. The van der Waals surface area contributed by atoms with Crippen LogP contribution in [0.15, 0.2) is 0 Å². The Labute approximate surface area is 107 Å². The minimum absolute atomic E-state index is 0.161. The molecule has 0 aromatic carbocycles. The third-order valence-electron chi connectivity index (χ3n) is 2.24. The predicted octanol–water partition coefficient (Wildman–Crippen LogP) is -2.27. The van der Waals surface area contributed by atoms with Crippen LogP contribution in [0.5, 0.6) is 0 Å². The van der Waals surface area contributed by atoms with E-state index in [4.69, 9.17) is 5.84 Å². The van der Waals surface area contributed by atoms with E-state index in [1.54, 1.807) is 0 Å². The molecule has 19 heavy (non-hydrogen) atoms. The molecule has 2 rings (SSSR count). The number of nitrogens with zero attached hydrogens (tertiary/aromatic N) is 7. The zero-order valence-corrected chi connectivity index (χ0v) is 9.94. The highest BCUT2D eigenvalue weighted by molar-refractivity contribution is 5.73. The van der Waals surface area contributed by atoms with Gasteiger partial charge in [-0.05, 0) is 6.42 Å². The number of nitrogens with two attached hydrogens (primary N) is 1. The number of rotatable bonds is 6. The highest BCUT2D eigenvalue weighted by Gasteiger charge is 2.10. The van der Waals surface area contributed by atoms with Crippen LogP contribution in [-0.4, -0.2) is 58.8 Å². The van der Waals surface area contributed by atoms with Crippen LogP contribution >= 0.6 is 0 Å². The summed E-state index contributed by atoms with van der Waals surface area (Å²) >= 11 is 0. The SMILES string of the molecule is NN(CCCc1nn[nH]n1)C(=O)NCc1nn[nH]n1. The number of amides is 2. The number of hydrazine groups is 1. The minimum atomic E-state index is -0.419. The van der Waals surface area contributed by atoms with Crippen molar-refractivity contribution in [2.75, 3.05) is 6.54 Å². The number of aromatic nitrogens is 8. The fourth-order valence-electron chi connectivity index (χ4n) is 1.31. The summed E-state index contributed by atoms with van der Waals surface area (Å²) in [6.45, 7) is 0.528. The van der Waals surface area contributed by atoms with E-state index >= 15 is 0 Å². The fraction of sp³-hybridized carbons (Fsp3) is 0.571. The van der Waals surface area contributed by atoms with Gasteiger partial charge in [-0.15, -0.1) is 20.4 Å². The molecule has 0 aliphatic heterocycles. The van der Waals surface area contributed by atoms with Crippen LogP contribution in [0.25, 0.3) is 0 Å². The van der Waals surface area contributed by atoms with Gasteiger partial charge in [-0.25, -0.2) is 10.6 Å². The number of carbonyl (C=O) groups excluding carboxylic acids is 1. The van der Waals surface area contributed by atoms with E-state index in [0.29, 0.717) is 31.0 Å². The molecule has 2 amide bonds. The first-order chi connectivity index (χ1) is 9.25. The minimum Gasteiger partial charge on any atom is -0.329 e. The highest BCUT2D eigenvalue weighted by Crippen LogP contribution is 1.94. The van der Waals surface area contributed by atoms with Crippen LogP contribution in [-0.2, 0) is 13.0 Å². The number of H-pyrrole nitrogens is 2. The van der Waals surface area contributed by atoms with Crippen LogP contribution in [0.1, 0.15) is 18.1 Å².